The SMILES string of the molecule is C=CNC.CC.CC.CC(C)(N)CCOc1ccc(-c2cn(-c3cccnc3)c3nc[nH]c(=O)c23)cc1.CC(O)CO. The summed E-state index contributed by atoms with van der Waals surface area (Å²) >= 11 is 0. The number of H-pyrrole nitrogens is 1. The topological polar surface area (TPSA) is 151 Å². The maximum atomic E-state index is 12.6. The molecule has 1 aromatic carbocycles. The lowest BCUT2D eigenvalue weighted by molar-refractivity contribution is 0.110. The molecule has 4 aromatic rings. The lowest BCUT2D eigenvalue weighted by Gasteiger charge is -2.18. The molecule has 0 aliphatic rings. The number of ether oxygens (including phenoxy) is 1. The lowest BCUT2D eigenvalue weighted by Crippen LogP contribution is -2.33. The van der Waals surface area contributed by atoms with Crippen molar-refractivity contribution in [2.24, 2.45) is 5.73 Å². The molecular weight excluding hydrogens is 532 g/mol. The van der Waals surface area contributed by atoms with Crippen LogP contribution in [-0.4, -0.2) is 61.6 Å². The molecule has 1 unspecified atom stereocenters. The number of nitrogens with one attached hydrogen (secondary N) is 2. The number of rotatable bonds is 8. The smallest absolute Gasteiger partial charge is 0.260 e. The second-order valence-corrected chi connectivity index (χ2v) is 9.19. The number of aliphatic hydroxyl groups is 2. The first-order valence-corrected chi connectivity index (χ1v) is 14.2. The van der Waals surface area contributed by atoms with Gasteiger partial charge in [0.25, 0.3) is 5.56 Å². The van der Waals surface area contributed by atoms with Crippen LogP contribution < -0.4 is 21.3 Å². The van der Waals surface area contributed by atoms with Gasteiger partial charge in [-0.25, -0.2) is 4.98 Å². The fourth-order valence-electron chi connectivity index (χ4n) is 3.15. The number of benzene rings is 1. The van der Waals surface area contributed by atoms with E-state index in [0.29, 0.717) is 17.6 Å². The maximum absolute atomic E-state index is 12.6. The summed E-state index contributed by atoms with van der Waals surface area (Å²) in [5.74, 6) is 0.765. The van der Waals surface area contributed by atoms with Gasteiger partial charge in [0.05, 0.1) is 42.9 Å². The third-order valence-electron chi connectivity index (χ3n) is 5.16. The molecular formula is C32H50N6O4. The summed E-state index contributed by atoms with van der Waals surface area (Å²) in [6.07, 6.45) is 8.60. The van der Waals surface area contributed by atoms with E-state index >= 15 is 0 Å². The van der Waals surface area contributed by atoms with Crippen molar-refractivity contribution < 1.29 is 14.9 Å². The molecule has 0 spiro atoms. The molecule has 3 heterocycles. The van der Waals surface area contributed by atoms with Crippen LogP contribution in [0.3, 0.4) is 0 Å². The standard InChI is InChI=1S/C22H23N5O2.C3H7N.C3H8O2.2C2H6/c1-22(2,23)9-11-29-17-7-5-15(6-8-17)18-13-27(16-4-3-10-24-12-16)20-19(18)21(28)26-14-25-20;1-3-4-2;1-3(5)2-4;2*1-2/h3-8,10,12-14H,9,11,23H2,1-2H3,(H,25,26,28);3-4H,1H2,2H3;3-5H,2H2,1H3;2*1-2H3. The summed E-state index contributed by atoms with van der Waals surface area (Å²) in [7, 11) is 1.81. The summed E-state index contributed by atoms with van der Waals surface area (Å²) in [5.41, 5.74) is 8.68. The summed E-state index contributed by atoms with van der Waals surface area (Å²) in [4.78, 5) is 23.8. The Balaban J connectivity index is 0.00000111. The second-order valence-electron chi connectivity index (χ2n) is 9.19. The minimum atomic E-state index is -0.560. The van der Waals surface area contributed by atoms with E-state index in [1.165, 1.54) is 13.3 Å². The van der Waals surface area contributed by atoms with Gasteiger partial charge in [0.15, 0.2) is 5.65 Å². The van der Waals surface area contributed by atoms with Crippen molar-refractivity contribution in [2.45, 2.75) is 66.5 Å². The Bertz CT molecular complexity index is 1310. The van der Waals surface area contributed by atoms with Crippen LogP contribution in [0.5, 0.6) is 5.75 Å². The number of nitrogens with zero attached hydrogens (tertiary/aromatic N) is 3. The number of fused-ring (bicyclic) bond motifs is 1. The van der Waals surface area contributed by atoms with Crippen molar-refractivity contribution in [1.82, 2.24) is 24.8 Å². The van der Waals surface area contributed by atoms with Crippen molar-refractivity contribution in [3.8, 4) is 22.6 Å². The molecule has 3 aromatic heterocycles. The number of pyridine rings is 1. The Morgan fingerprint density at radius 3 is 2.26 bits per heavy atom. The van der Waals surface area contributed by atoms with E-state index in [0.717, 1.165) is 29.0 Å². The number of aromatic nitrogens is 4. The lowest BCUT2D eigenvalue weighted by atomic mass is 10.0. The molecule has 42 heavy (non-hydrogen) atoms. The first-order chi connectivity index (χ1) is 20.1. The van der Waals surface area contributed by atoms with Gasteiger partial charge in [-0.05, 0) is 63.2 Å². The molecule has 6 N–H and O–H groups in total. The van der Waals surface area contributed by atoms with Crippen LogP contribution in [0, 0.1) is 0 Å². The zero-order chi connectivity index (χ0) is 32.1. The monoisotopic (exact) mass is 582 g/mol. The Morgan fingerprint density at radius 1 is 1.19 bits per heavy atom. The highest BCUT2D eigenvalue weighted by molar-refractivity contribution is 5.94. The van der Waals surface area contributed by atoms with Gasteiger partial charge in [0.2, 0.25) is 0 Å². The molecule has 10 heteroatoms. The van der Waals surface area contributed by atoms with Gasteiger partial charge in [-0.3, -0.25) is 14.3 Å². The minimum Gasteiger partial charge on any atom is -0.494 e. The normalized spacial score (nSPS) is 10.6. The quantitative estimate of drug-likeness (QED) is 0.194. The number of hydrogen-bond acceptors (Lipinski definition) is 8. The van der Waals surface area contributed by atoms with Crippen molar-refractivity contribution in [1.29, 1.82) is 0 Å². The van der Waals surface area contributed by atoms with Gasteiger partial charge < -0.3 is 31.0 Å². The fourth-order valence-corrected chi connectivity index (χ4v) is 3.15. The van der Waals surface area contributed by atoms with Crippen LogP contribution in [0.15, 0.2) is 78.9 Å². The average Bonchev–Trinajstić information content (AvgIpc) is 3.41. The Morgan fingerprint density at radius 2 is 1.79 bits per heavy atom. The largest absolute Gasteiger partial charge is 0.494 e. The van der Waals surface area contributed by atoms with E-state index in [9.17, 15) is 4.79 Å². The van der Waals surface area contributed by atoms with Crippen LogP contribution in [0.4, 0.5) is 0 Å². The number of hydrogen-bond donors (Lipinski definition) is 5. The van der Waals surface area contributed by atoms with E-state index in [-0.39, 0.29) is 17.7 Å². The van der Waals surface area contributed by atoms with E-state index in [2.05, 4.69) is 26.8 Å². The van der Waals surface area contributed by atoms with Crippen LogP contribution >= 0.6 is 0 Å². The summed E-state index contributed by atoms with van der Waals surface area (Å²) in [6, 6.07) is 11.5. The van der Waals surface area contributed by atoms with Crippen LogP contribution in [0.25, 0.3) is 27.8 Å². The summed E-state index contributed by atoms with van der Waals surface area (Å²) < 4.78 is 7.66. The molecule has 0 saturated carbocycles. The van der Waals surface area contributed by atoms with Crippen molar-refractivity contribution >= 4 is 11.0 Å². The number of aliphatic hydroxyl groups excluding tert-OH is 2. The van der Waals surface area contributed by atoms with Gasteiger partial charge in [0.1, 0.15) is 5.75 Å². The van der Waals surface area contributed by atoms with Crippen LogP contribution in [0.1, 0.15) is 54.9 Å². The van der Waals surface area contributed by atoms with E-state index < -0.39 is 6.10 Å². The number of nitrogens with two attached hydrogens (primary N) is 1. The zero-order valence-corrected chi connectivity index (χ0v) is 26.4. The van der Waals surface area contributed by atoms with E-state index in [4.69, 9.17) is 20.7 Å². The molecule has 232 valence electrons. The molecule has 0 aliphatic heterocycles. The molecule has 0 bridgehead atoms. The van der Waals surface area contributed by atoms with Crippen molar-refractivity contribution in [3.63, 3.8) is 0 Å². The fraction of sp³-hybridized carbons (Fsp3) is 0.406. The zero-order valence-electron chi connectivity index (χ0n) is 26.4. The summed E-state index contributed by atoms with van der Waals surface area (Å²) in [6.45, 7) is 17.3. The van der Waals surface area contributed by atoms with Gasteiger partial charge in [-0.15, -0.1) is 0 Å². The Labute approximate surface area is 250 Å². The molecule has 1 atom stereocenters. The molecule has 4 rings (SSSR count). The van der Waals surface area contributed by atoms with Crippen molar-refractivity contribution in [2.75, 3.05) is 20.3 Å². The Hall–Kier alpha value is -3.99. The predicted molar refractivity (Wildman–Crippen MR) is 174 cm³/mol. The third kappa shape index (κ3) is 13.1. The van der Waals surface area contributed by atoms with Gasteiger partial charge in [0, 0.05) is 30.5 Å². The molecule has 0 saturated heterocycles. The highest BCUT2D eigenvalue weighted by Crippen LogP contribution is 2.30. The molecule has 0 radical (unpaired) electrons. The average molecular weight is 583 g/mol. The van der Waals surface area contributed by atoms with Crippen molar-refractivity contribution in [3.05, 3.63) is 84.4 Å². The molecule has 0 aliphatic carbocycles. The molecule has 0 fully saturated rings. The second kappa shape index (κ2) is 20.8. The van der Waals surface area contributed by atoms with Gasteiger partial charge >= 0.3 is 0 Å². The minimum absolute atomic E-state index is 0.139. The first kappa shape index (κ1) is 38.0. The van der Waals surface area contributed by atoms with E-state index in [1.807, 2.05) is 95.8 Å². The maximum Gasteiger partial charge on any atom is 0.260 e. The Kier molecular flexibility index (Phi) is 18.8. The highest BCUT2D eigenvalue weighted by atomic mass is 16.5. The number of aromatic amines is 1. The van der Waals surface area contributed by atoms with Gasteiger partial charge in [-0.2, -0.15) is 0 Å². The highest BCUT2D eigenvalue weighted by Gasteiger charge is 2.16. The molecule has 0 amide bonds. The van der Waals surface area contributed by atoms with Crippen LogP contribution in [-0.2, 0) is 0 Å². The predicted octanol–water partition coefficient (Wildman–Crippen LogP) is 5.04. The molecule has 10 nitrogen and oxygen atoms in total. The first-order valence-electron chi connectivity index (χ1n) is 14.2. The summed E-state index contributed by atoms with van der Waals surface area (Å²) in [5, 5.41) is 19.2. The third-order valence-corrected chi connectivity index (χ3v) is 5.16. The van der Waals surface area contributed by atoms with E-state index in [1.54, 1.807) is 18.6 Å². The van der Waals surface area contributed by atoms with Gasteiger partial charge in [-0.1, -0.05) is 46.4 Å². The van der Waals surface area contributed by atoms with Crippen LogP contribution in [0.2, 0.25) is 0 Å².